The van der Waals surface area contributed by atoms with Crippen molar-refractivity contribution in [2.75, 3.05) is 24.3 Å². The predicted octanol–water partition coefficient (Wildman–Crippen LogP) is 3.90. The van der Waals surface area contributed by atoms with Crippen molar-refractivity contribution >= 4 is 17.5 Å². The molecule has 3 rings (SSSR count). The number of nitrogens with zero attached hydrogens (tertiary/aromatic N) is 3. The van der Waals surface area contributed by atoms with E-state index in [1.807, 2.05) is 18.2 Å². The molecule has 1 aromatic heterocycles. The zero-order valence-electron chi connectivity index (χ0n) is 15.3. The number of nitrogens with one attached hydrogen (secondary N) is 2. The van der Waals surface area contributed by atoms with Crippen LogP contribution in [0.3, 0.4) is 0 Å². The molecule has 0 amide bonds. The van der Waals surface area contributed by atoms with Gasteiger partial charge in [0.25, 0.3) is 0 Å². The average molecular weight is 349 g/mol. The Morgan fingerprint density at radius 1 is 1.00 bits per heavy atom. The molecule has 0 unspecified atom stereocenters. The minimum Gasteiger partial charge on any atom is -0.497 e. The molecule has 0 spiro atoms. The number of methoxy groups -OCH3 is 1. The number of ether oxygens (including phenoxy) is 1. The summed E-state index contributed by atoms with van der Waals surface area (Å²) in [4.78, 5) is 4.46. The summed E-state index contributed by atoms with van der Waals surface area (Å²) in [5.41, 5.74) is 4.69. The largest absolute Gasteiger partial charge is 0.497 e. The van der Waals surface area contributed by atoms with E-state index in [2.05, 4.69) is 63.9 Å². The molecule has 0 bridgehead atoms. The summed E-state index contributed by atoms with van der Waals surface area (Å²) in [7, 11) is 1.67. The number of hydrogen-bond acceptors (Lipinski definition) is 6. The molecule has 0 atom stereocenters. The first-order chi connectivity index (χ1) is 12.6. The Labute approximate surface area is 153 Å². The van der Waals surface area contributed by atoms with Gasteiger partial charge in [-0.25, -0.2) is 0 Å². The second-order valence-electron chi connectivity index (χ2n) is 6.11. The van der Waals surface area contributed by atoms with E-state index in [9.17, 15) is 0 Å². The van der Waals surface area contributed by atoms with Gasteiger partial charge >= 0.3 is 0 Å². The van der Waals surface area contributed by atoms with E-state index in [4.69, 9.17) is 4.74 Å². The lowest BCUT2D eigenvalue weighted by Crippen LogP contribution is -2.09. The number of aryl methyl sites for hydroxylation is 2. The van der Waals surface area contributed by atoms with Crippen LogP contribution in [0.15, 0.2) is 48.7 Å². The Kier molecular flexibility index (Phi) is 5.63. The highest BCUT2D eigenvalue weighted by atomic mass is 16.5. The predicted molar refractivity (Wildman–Crippen MR) is 104 cm³/mol. The molecule has 0 aliphatic rings. The highest BCUT2D eigenvalue weighted by Crippen LogP contribution is 2.18. The smallest absolute Gasteiger partial charge is 0.244 e. The molecule has 0 saturated heterocycles. The van der Waals surface area contributed by atoms with Gasteiger partial charge in [0, 0.05) is 12.2 Å². The molecule has 3 aromatic rings. The van der Waals surface area contributed by atoms with Crippen LogP contribution in [0.25, 0.3) is 0 Å². The molecule has 0 aliphatic carbocycles. The Hall–Kier alpha value is -3.15. The van der Waals surface area contributed by atoms with Crippen molar-refractivity contribution in [1.82, 2.24) is 15.2 Å². The van der Waals surface area contributed by atoms with Crippen LogP contribution < -0.4 is 15.4 Å². The highest BCUT2D eigenvalue weighted by molar-refractivity contribution is 5.58. The van der Waals surface area contributed by atoms with Crippen LogP contribution >= 0.6 is 0 Å². The van der Waals surface area contributed by atoms with Crippen molar-refractivity contribution < 1.29 is 4.74 Å². The molecule has 1 heterocycles. The van der Waals surface area contributed by atoms with E-state index >= 15 is 0 Å². The quantitative estimate of drug-likeness (QED) is 0.674. The van der Waals surface area contributed by atoms with Crippen LogP contribution in [0.2, 0.25) is 0 Å². The second-order valence-corrected chi connectivity index (χ2v) is 6.11. The zero-order valence-corrected chi connectivity index (χ0v) is 15.3. The first-order valence-corrected chi connectivity index (χ1v) is 8.55. The lowest BCUT2D eigenvalue weighted by atomic mass is 10.1. The molecule has 26 heavy (non-hydrogen) atoms. The van der Waals surface area contributed by atoms with Crippen LogP contribution in [0.5, 0.6) is 5.75 Å². The molecule has 0 aliphatic heterocycles. The number of hydrogen-bond donors (Lipinski definition) is 2. The fraction of sp³-hybridized carbons (Fsp3) is 0.250. The molecule has 6 nitrogen and oxygen atoms in total. The van der Waals surface area contributed by atoms with Crippen LogP contribution in [-0.4, -0.2) is 28.8 Å². The SMILES string of the molecule is COc1ccc(CCNc2nncc(Nc3ccc(C)c(C)c3)n2)cc1. The van der Waals surface area contributed by atoms with Gasteiger partial charge in [-0.3, -0.25) is 0 Å². The van der Waals surface area contributed by atoms with Gasteiger partial charge < -0.3 is 15.4 Å². The maximum atomic E-state index is 5.17. The maximum absolute atomic E-state index is 5.17. The van der Waals surface area contributed by atoms with Gasteiger partial charge in [-0.15, -0.1) is 5.10 Å². The molecule has 2 N–H and O–H groups in total. The van der Waals surface area contributed by atoms with Gasteiger partial charge in [0.2, 0.25) is 5.95 Å². The summed E-state index contributed by atoms with van der Waals surface area (Å²) in [5.74, 6) is 2.03. The van der Waals surface area contributed by atoms with Crippen LogP contribution in [-0.2, 0) is 6.42 Å². The van der Waals surface area contributed by atoms with E-state index in [-0.39, 0.29) is 0 Å². The van der Waals surface area contributed by atoms with Gasteiger partial charge in [0.1, 0.15) is 5.75 Å². The van der Waals surface area contributed by atoms with E-state index < -0.39 is 0 Å². The standard InChI is InChI=1S/C20H23N5O/c1-14-4-7-17(12-15(14)2)23-19-13-22-25-20(24-19)21-11-10-16-5-8-18(26-3)9-6-16/h4-9,12-13H,10-11H2,1-3H3,(H2,21,23,24,25). The molecule has 0 radical (unpaired) electrons. The first-order valence-electron chi connectivity index (χ1n) is 8.55. The molecule has 134 valence electrons. The van der Waals surface area contributed by atoms with Crippen molar-refractivity contribution in [2.45, 2.75) is 20.3 Å². The van der Waals surface area contributed by atoms with Crippen molar-refractivity contribution in [1.29, 1.82) is 0 Å². The summed E-state index contributed by atoms with van der Waals surface area (Å²) < 4.78 is 5.17. The molecule has 6 heteroatoms. The summed E-state index contributed by atoms with van der Waals surface area (Å²) in [6.45, 7) is 4.90. The van der Waals surface area contributed by atoms with E-state index in [0.29, 0.717) is 11.8 Å². The Bertz CT molecular complexity index is 864. The number of anilines is 3. The highest BCUT2D eigenvalue weighted by Gasteiger charge is 2.03. The van der Waals surface area contributed by atoms with Gasteiger partial charge in [0.05, 0.1) is 13.3 Å². The molecule has 0 saturated carbocycles. The normalized spacial score (nSPS) is 10.4. The average Bonchev–Trinajstić information content (AvgIpc) is 2.66. The van der Waals surface area contributed by atoms with Crippen LogP contribution in [0.1, 0.15) is 16.7 Å². The van der Waals surface area contributed by atoms with Crippen LogP contribution in [0, 0.1) is 13.8 Å². The van der Waals surface area contributed by atoms with Gasteiger partial charge in [-0.1, -0.05) is 18.2 Å². The van der Waals surface area contributed by atoms with E-state index in [1.165, 1.54) is 16.7 Å². The summed E-state index contributed by atoms with van der Waals surface area (Å²) in [5, 5.41) is 14.5. The minimum atomic E-state index is 0.507. The fourth-order valence-corrected chi connectivity index (χ4v) is 2.52. The summed E-state index contributed by atoms with van der Waals surface area (Å²) >= 11 is 0. The van der Waals surface area contributed by atoms with E-state index in [1.54, 1.807) is 13.3 Å². The fourth-order valence-electron chi connectivity index (χ4n) is 2.52. The summed E-state index contributed by atoms with van der Waals surface area (Å²) in [6.07, 6.45) is 2.48. The summed E-state index contributed by atoms with van der Waals surface area (Å²) in [6, 6.07) is 14.2. The van der Waals surface area contributed by atoms with E-state index in [0.717, 1.165) is 24.4 Å². The third-order valence-corrected chi connectivity index (χ3v) is 4.19. The minimum absolute atomic E-state index is 0.507. The van der Waals surface area contributed by atoms with Crippen molar-refractivity contribution in [3.8, 4) is 5.75 Å². The molecule has 0 fully saturated rings. The van der Waals surface area contributed by atoms with Crippen molar-refractivity contribution in [3.05, 3.63) is 65.4 Å². The molecule has 2 aromatic carbocycles. The Morgan fingerprint density at radius 3 is 2.54 bits per heavy atom. The third-order valence-electron chi connectivity index (χ3n) is 4.19. The molecular weight excluding hydrogens is 326 g/mol. The van der Waals surface area contributed by atoms with Gasteiger partial charge in [-0.2, -0.15) is 10.1 Å². The maximum Gasteiger partial charge on any atom is 0.244 e. The third kappa shape index (κ3) is 4.69. The number of benzene rings is 2. The van der Waals surface area contributed by atoms with Gasteiger partial charge in [0.15, 0.2) is 5.82 Å². The van der Waals surface area contributed by atoms with Crippen molar-refractivity contribution in [3.63, 3.8) is 0 Å². The van der Waals surface area contributed by atoms with Gasteiger partial charge in [-0.05, 0) is 61.2 Å². The monoisotopic (exact) mass is 349 g/mol. The zero-order chi connectivity index (χ0) is 18.4. The lowest BCUT2D eigenvalue weighted by molar-refractivity contribution is 0.414. The molecular formula is C20H23N5O. The second kappa shape index (κ2) is 8.29. The Morgan fingerprint density at radius 2 is 1.81 bits per heavy atom. The van der Waals surface area contributed by atoms with Crippen molar-refractivity contribution in [2.24, 2.45) is 0 Å². The lowest BCUT2D eigenvalue weighted by Gasteiger charge is -2.09. The Balaban J connectivity index is 1.57. The number of aromatic nitrogens is 3. The topological polar surface area (TPSA) is 72.0 Å². The van der Waals surface area contributed by atoms with Crippen LogP contribution in [0.4, 0.5) is 17.5 Å². The first kappa shape index (κ1) is 17.7. The number of rotatable bonds is 7.